The van der Waals surface area contributed by atoms with Crippen molar-refractivity contribution in [3.8, 4) is 17.2 Å². The van der Waals surface area contributed by atoms with E-state index >= 15 is 0 Å². The van der Waals surface area contributed by atoms with Gasteiger partial charge in [0.05, 0.1) is 26.2 Å². The molecule has 0 radical (unpaired) electrons. The zero-order valence-corrected chi connectivity index (χ0v) is 24.7. The highest BCUT2D eigenvalue weighted by molar-refractivity contribution is 6.06. The number of likely N-dealkylation sites (tertiary alicyclic amines) is 1. The molecule has 2 aliphatic rings. The largest absolute Gasteiger partial charge is 0.497 e. The molecule has 4 aromatic rings. The van der Waals surface area contributed by atoms with Gasteiger partial charge < -0.3 is 24.2 Å². The second kappa shape index (κ2) is 12.9. The molecule has 7 nitrogen and oxygen atoms in total. The molecule has 2 saturated heterocycles. The first-order valence-electron chi connectivity index (χ1n) is 14.9. The lowest BCUT2D eigenvalue weighted by Crippen LogP contribution is -2.53. The molecule has 2 heterocycles. The van der Waals surface area contributed by atoms with Crippen LogP contribution in [0, 0.1) is 0 Å². The number of aliphatic hydroxyl groups excluding tert-OH is 1. The van der Waals surface area contributed by atoms with Gasteiger partial charge in [-0.15, -0.1) is 0 Å². The van der Waals surface area contributed by atoms with E-state index in [1.54, 1.807) is 14.2 Å². The molecule has 0 bridgehead atoms. The average Bonchev–Trinajstić information content (AvgIpc) is 3.58. The molecule has 4 aromatic carbocycles. The van der Waals surface area contributed by atoms with Crippen molar-refractivity contribution < 1.29 is 24.1 Å². The Morgan fingerprint density at radius 3 is 1.81 bits per heavy atom. The predicted molar refractivity (Wildman–Crippen MR) is 167 cm³/mol. The number of hydrogen-bond acceptors (Lipinski definition) is 6. The highest BCUT2D eigenvalue weighted by atomic mass is 16.5. The van der Waals surface area contributed by atoms with Gasteiger partial charge >= 0.3 is 0 Å². The maximum Gasteiger partial charge on any atom is 0.237 e. The summed E-state index contributed by atoms with van der Waals surface area (Å²) in [6, 6.07) is 30.6. The molecule has 0 aliphatic carbocycles. The number of rotatable bonds is 11. The van der Waals surface area contributed by atoms with Crippen LogP contribution in [-0.2, 0) is 4.79 Å². The number of nitrogens with zero attached hydrogens (tertiary/aromatic N) is 2. The third-order valence-electron chi connectivity index (χ3n) is 8.59. The third kappa shape index (κ3) is 6.10. The SMILES string of the molecule is COc1ccc([C@@H]2[C@@H](c3ccc(C(O)c4ccc(OCCN5CCCC5)cc4)cc3)C(=O)N2c2ccc(OC)cc2)cc1. The van der Waals surface area contributed by atoms with Gasteiger partial charge in [0.1, 0.15) is 30.0 Å². The van der Waals surface area contributed by atoms with Gasteiger partial charge in [0.15, 0.2) is 0 Å². The van der Waals surface area contributed by atoms with Gasteiger partial charge in [-0.05, 0) is 96.7 Å². The Labute approximate surface area is 253 Å². The molecular formula is C36H38N2O5. The van der Waals surface area contributed by atoms with Crippen molar-refractivity contribution in [2.75, 3.05) is 45.4 Å². The van der Waals surface area contributed by atoms with Crippen LogP contribution in [0.25, 0.3) is 0 Å². The number of methoxy groups -OCH3 is 2. The number of anilines is 1. The van der Waals surface area contributed by atoms with Gasteiger partial charge in [-0.3, -0.25) is 9.69 Å². The molecule has 1 amide bonds. The van der Waals surface area contributed by atoms with Crippen LogP contribution in [0.5, 0.6) is 17.2 Å². The van der Waals surface area contributed by atoms with Crippen molar-refractivity contribution in [2.45, 2.75) is 30.9 Å². The monoisotopic (exact) mass is 578 g/mol. The summed E-state index contributed by atoms with van der Waals surface area (Å²) in [5.41, 5.74) is 4.31. The summed E-state index contributed by atoms with van der Waals surface area (Å²) in [5, 5.41) is 11.1. The highest BCUT2D eigenvalue weighted by Crippen LogP contribution is 2.49. The van der Waals surface area contributed by atoms with Crippen molar-refractivity contribution in [1.29, 1.82) is 0 Å². The Bertz CT molecular complexity index is 1500. The molecule has 2 fully saturated rings. The molecule has 1 unspecified atom stereocenters. The van der Waals surface area contributed by atoms with Crippen LogP contribution in [-0.4, -0.2) is 56.4 Å². The maximum absolute atomic E-state index is 13.7. The van der Waals surface area contributed by atoms with E-state index in [2.05, 4.69) is 4.90 Å². The van der Waals surface area contributed by atoms with Crippen LogP contribution in [0.3, 0.4) is 0 Å². The number of carbonyl (C=O) groups excluding carboxylic acids is 1. The van der Waals surface area contributed by atoms with Gasteiger partial charge in [-0.1, -0.05) is 48.5 Å². The Morgan fingerprint density at radius 1 is 0.721 bits per heavy atom. The van der Waals surface area contributed by atoms with E-state index < -0.39 is 6.10 Å². The van der Waals surface area contributed by atoms with E-state index in [0.717, 1.165) is 64.8 Å². The number of amides is 1. The van der Waals surface area contributed by atoms with Gasteiger partial charge in [0.2, 0.25) is 5.91 Å². The summed E-state index contributed by atoms with van der Waals surface area (Å²) in [6.45, 7) is 3.92. The smallest absolute Gasteiger partial charge is 0.237 e. The molecule has 1 N–H and O–H groups in total. The van der Waals surface area contributed by atoms with Crippen molar-refractivity contribution >= 4 is 11.6 Å². The minimum Gasteiger partial charge on any atom is -0.497 e. The Kier molecular flexibility index (Phi) is 8.63. The molecule has 0 aromatic heterocycles. The van der Waals surface area contributed by atoms with Gasteiger partial charge in [0.25, 0.3) is 0 Å². The highest BCUT2D eigenvalue weighted by Gasteiger charge is 2.49. The molecule has 6 rings (SSSR count). The topological polar surface area (TPSA) is 71.5 Å². The number of benzene rings is 4. The lowest BCUT2D eigenvalue weighted by molar-refractivity contribution is -0.126. The van der Waals surface area contributed by atoms with E-state index in [1.807, 2.05) is 102 Å². The van der Waals surface area contributed by atoms with Crippen molar-refractivity contribution in [3.05, 3.63) is 119 Å². The lowest BCUT2D eigenvalue weighted by atomic mass is 9.77. The average molecular weight is 579 g/mol. The molecule has 43 heavy (non-hydrogen) atoms. The minimum absolute atomic E-state index is 0.0274. The molecule has 222 valence electrons. The van der Waals surface area contributed by atoms with E-state index in [1.165, 1.54) is 12.8 Å². The normalized spacial score (nSPS) is 19.1. The van der Waals surface area contributed by atoms with Crippen LogP contribution >= 0.6 is 0 Å². The number of β-lactam (4-membered cyclic amide) rings is 1. The van der Waals surface area contributed by atoms with Crippen LogP contribution in [0.4, 0.5) is 5.69 Å². The van der Waals surface area contributed by atoms with E-state index in [4.69, 9.17) is 14.2 Å². The fourth-order valence-corrected chi connectivity index (χ4v) is 6.11. The second-order valence-electron chi connectivity index (χ2n) is 11.1. The molecular weight excluding hydrogens is 540 g/mol. The Balaban J connectivity index is 1.17. The first-order valence-corrected chi connectivity index (χ1v) is 14.9. The number of aliphatic hydroxyl groups is 1. The molecule has 0 saturated carbocycles. The zero-order chi connectivity index (χ0) is 29.8. The first-order chi connectivity index (χ1) is 21.1. The van der Waals surface area contributed by atoms with E-state index in [0.29, 0.717) is 6.61 Å². The Morgan fingerprint density at radius 2 is 1.23 bits per heavy atom. The summed E-state index contributed by atoms with van der Waals surface area (Å²) in [7, 11) is 3.27. The molecule has 7 heteroatoms. The first kappa shape index (κ1) is 28.8. The minimum atomic E-state index is -0.780. The number of hydrogen-bond donors (Lipinski definition) is 1. The van der Waals surface area contributed by atoms with Crippen molar-refractivity contribution in [3.63, 3.8) is 0 Å². The van der Waals surface area contributed by atoms with Gasteiger partial charge in [-0.25, -0.2) is 0 Å². The Hall–Kier alpha value is -4.33. The second-order valence-corrected chi connectivity index (χ2v) is 11.1. The molecule has 2 aliphatic heterocycles. The van der Waals surface area contributed by atoms with Crippen LogP contribution in [0.2, 0.25) is 0 Å². The molecule has 0 spiro atoms. The summed E-state index contributed by atoms with van der Waals surface area (Å²) in [4.78, 5) is 17.9. The summed E-state index contributed by atoms with van der Waals surface area (Å²) in [6.07, 6.45) is 1.77. The maximum atomic E-state index is 13.7. The van der Waals surface area contributed by atoms with Crippen LogP contribution in [0.1, 0.15) is 53.2 Å². The van der Waals surface area contributed by atoms with Crippen LogP contribution in [0.15, 0.2) is 97.1 Å². The fourth-order valence-electron chi connectivity index (χ4n) is 6.11. The third-order valence-corrected chi connectivity index (χ3v) is 8.59. The predicted octanol–water partition coefficient (Wildman–Crippen LogP) is 6.13. The van der Waals surface area contributed by atoms with Crippen molar-refractivity contribution in [2.24, 2.45) is 0 Å². The number of ether oxygens (including phenoxy) is 3. The van der Waals surface area contributed by atoms with Gasteiger partial charge in [0, 0.05) is 12.2 Å². The van der Waals surface area contributed by atoms with E-state index in [9.17, 15) is 9.90 Å². The fraction of sp³-hybridized carbons (Fsp3) is 0.306. The summed E-state index contributed by atoms with van der Waals surface area (Å²) < 4.78 is 16.6. The quantitative estimate of drug-likeness (QED) is 0.216. The lowest BCUT2D eigenvalue weighted by Gasteiger charge is -2.48. The van der Waals surface area contributed by atoms with Crippen molar-refractivity contribution in [1.82, 2.24) is 4.90 Å². The standard InChI is InChI=1S/C36H38N2O5/c1-41-30-15-9-26(10-16-30)34-33(36(40)38(34)29-13-19-31(42-2)20-14-29)25-5-7-27(8-6-25)35(39)28-11-17-32(18-12-28)43-24-23-37-21-3-4-22-37/h5-20,33-35,39H,3-4,21-24H2,1-2H3/t33-,34-,35?/m1/s1. The zero-order valence-electron chi connectivity index (χ0n) is 24.7. The summed E-state index contributed by atoms with van der Waals surface area (Å²) in [5.74, 6) is 1.99. The van der Waals surface area contributed by atoms with Gasteiger partial charge in [-0.2, -0.15) is 0 Å². The van der Waals surface area contributed by atoms with Crippen LogP contribution < -0.4 is 19.1 Å². The number of carbonyl (C=O) groups is 1. The summed E-state index contributed by atoms with van der Waals surface area (Å²) >= 11 is 0. The molecule has 3 atom stereocenters. The van der Waals surface area contributed by atoms with E-state index in [-0.39, 0.29) is 17.9 Å².